The quantitative estimate of drug-likeness (QED) is 0.357. The van der Waals surface area contributed by atoms with Crippen LogP contribution < -0.4 is 0 Å². The summed E-state index contributed by atoms with van der Waals surface area (Å²) < 4.78 is 27.9. The van der Waals surface area contributed by atoms with Crippen LogP contribution in [0.5, 0.6) is 0 Å². The van der Waals surface area contributed by atoms with Crippen molar-refractivity contribution in [1.82, 2.24) is 0 Å². The van der Waals surface area contributed by atoms with Crippen LogP contribution in [0.15, 0.2) is 60.7 Å². The third kappa shape index (κ3) is 5.21. The van der Waals surface area contributed by atoms with Gasteiger partial charge in [0, 0.05) is 0 Å². The molecule has 0 heterocycles. The Morgan fingerprint density at radius 2 is 1.46 bits per heavy atom. The second-order valence-electron chi connectivity index (χ2n) is 6.42. The zero-order valence-electron chi connectivity index (χ0n) is 14.6. The van der Waals surface area contributed by atoms with E-state index in [1.54, 1.807) is 39.6 Å². The van der Waals surface area contributed by atoms with Crippen LogP contribution in [-0.4, -0.2) is 3.21 Å². The van der Waals surface area contributed by atoms with Gasteiger partial charge in [-0.25, -0.2) is 20.9 Å². The molecule has 0 saturated heterocycles. The molecule has 0 nitrogen and oxygen atoms in total. The summed E-state index contributed by atoms with van der Waals surface area (Å²) in [5.74, 6) is -0.585. The van der Waals surface area contributed by atoms with E-state index in [0.29, 0.717) is 0 Å². The van der Waals surface area contributed by atoms with Gasteiger partial charge in [0.25, 0.3) is 0 Å². The average molecular weight is 426 g/mol. The molecular formula is C23H20F2Zr. The van der Waals surface area contributed by atoms with E-state index in [4.69, 9.17) is 0 Å². The van der Waals surface area contributed by atoms with Gasteiger partial charge < -0.3 is 0 Å². The van der Waals surface area contributed by atoms with Crippen molar-refractivity contribution in [2.75, 3.05) is 0 Å². The maximum absolute atomic E-state index is 13.0. The summed E-state index contributed by atoms with van der Waals surface area (Å²) in [6.07, 6.45) is 15.8. The first-order valence-corrected chi connectivity index (χ1v) is 10.1. The van der Waals surface area contributed by atoms with Crippen molar-refractivity contribution in [3.8, 4) is 0 Å². The number of hydrogen-bond acceptors (Lipinski definition) is 0. The summed E-state index contributed by atoms with van der Waals surface area (Å²) in [4.78, 5) is 0. The standard InChI is InChI=1S/C13H7F2.C5H8.C5H5.Zr/c14-10-3-1-8-5-9-2-4-11(15)7-13(9)12(8)6-10;2*1-2-4-5-3-1;/h1-7H;1-4H2;1-3H,4H2;/q-1;;-1;+2. The van der Waals surface area contributed by atoms with E-state index < -0.39 is 0 Å². The van der Waals surface area contributed by atoms with Crippen molar-refractivity contribution in [2.45, 2.75) is 32.1 Å². The first kappa shape index (κ1) is 19.2. The van der Waals surface area contributed by atoms with Gasteiger partial charge in [0.05, 0.1) is 0 Å². The molecular weight excluding hydrogens is 405 g/mol. The molecule has 0 spiro atoms. The summed E-state index contributed by atoms with van der Waals surface area (Å²) in [7, 11) is 0. The summed E-state index contributed by atoms with van der Waals surface area (Å²) in [6, 6.07) is 11.1. The van der Waals surface area contributed by atoms with Crippen LogP contribution in [0.25, 0.3) is 21.5 Å². The summed E-state index contributed by atoms with van der Waals surface area (Å²) >= 11 is 1.68. The molecule has 26 heavy (non-hydrogen) atoms. The van der Waals surface area contributed by atoms with Crippen molar-refractivity contribution in [2.24, 2.45) is 0 Å². The Labute approximate surface area is 167 Å². The number of halogens is 2. The monoisotopic (exact) mass is 424 g/mol. The van der Waals surface area contributed by atoms with Crippen LogP contribution in [0.1, 0.15) is 32.1 Å². The third-order valence-corrected chi connectivity index (χ3v) is 5.65. The number of benzene rings is 2. The topological polar surface area (TPSA) is 0 Å². The van der Waals surface area contributed by atoms with Crippen molar-refractivity contribution in [3.05, 3.63) is 78.4 Å². The summed E-state index contributed by atoms with van der Waals surface area (Å²) in [6.45, 7) is 0. The number of fused-ring (bicyclic) bond motifs is 3. The molecule has 2 aliphatic carbocycles. The van der Waals surface area contributed by atoms with Crippen LogP contribution in [0, 0.1) is 17.7 Å². The van der Waals surface area contributed by atoms with Crippen molar-refractivity contribution in [1.29, 1.82) is 0 Å². The third-order valence-electron chi connectivity index (χ3n) is 4.42. The summed E-state index contributed by atoms with van der Waals surface area (Å²) in [5.41, 5.74) is 0. The molecule has 0 unspecified atom stereocenters. The number of allylic oxidation sites excluding steroid dienone is 4. The van der Waals surface area contributed by atoms with Gasteiger partial charge in [0.1, 0.15) is 11.6 Å². The fourth-order valence-corrected chi connectivity index (χ4v) is 3.95. The zero-order valence-corrected chi connectivity index (χ0v) is 17.0. The van der Waals surface area contributed by atoms with Crippen LogP contribution >= 0.6 is 0 Å². The fourth-order valence-electron chi connectivity index (χ4n) is 3.08. The van der Waals surface area contributed by atoms with Gasteiger partial charge in [0.2, 0.25) is 0 Å². The fraction of sp³-hybridized carbons (Fsp3) is 0.217. The minimum absolute atomic E-state index is 0.292. The van der Waals surface area contributed by atoms with E-state index in [1.165, 1.54) is 49.9 Å². The van der Waals surface area contributed by atoms with E-state index in [0.717, 1.165) is 28.0 Å². The molecule has 0 amide bonds. The van der Waals surface area contributed by atoms with Gasteiger partial charge in [-0.2, -0.15) is 6.08 Å². The molecule has 0 aromatic heterocycles. The molecule has 1 saturated carbocycles. The molecule has 5 rings (SSSR count). The first-order valence-electron chi connectivity index (χ1n) is 8.86. The van der Waals surface area contributed by atoms with Gasteiger partial charge in [-0.1, -0.05) is 24.3 Å². The molecule has 3 aromatic rings. The van der Waals surface area contributed by atoms with E-state index in [2.05, 4.69) is 12.2 Å². The van der Waals surface area contributed by atoms with Crippen molar-refractivity contribution < 1.29 is 33.0 Å². The van der Waals surface area contributed by atoms with Gasteiger partial charge in [-0.15, -0.1) is 46.2 Å². The van der Waals surface area contributed by atoms with Crippen LogP contribution in [0.4, 0.5) is 8.78 Å². The van der Waals surface area contributed by atoms with E-state index in [1.807, 2.05) is 18.2 Å². The van der Waals surface area contributed by atoms with E-state index >= 15 is 0 Å². The number of rotatable bonds is 0. The minimum atomic E-state index is -0.292. The molecule has 0 N–H and O–H groups in total. The van der Waals surface area contributed by atoms with E-state index in [9.17, 15) is 8.78 Å². The zero-order chi connectivity index (χ0) is 18.4. The normalized spacial score (nSPS) is 15.2. The van der Waals surface area contributed by atoms with Gasteiger partial charge in [-0.3, -0.25) is 6.08 Å². The molecule has 0 aliphatic heterocycles. The van der Waals surface area contributed by atoms with Crippen LogP contribution in [-0.2, 0) is 24.2 Å². The Hall–Kier alpha value is -1.60. The predicted octanol–water partition coefficient (Wildman–Crippen LogP) is 6.58. The molecule has 0 bridgehead atoms. The molecule has 3 aromatic carbocycles. The van der Waals surface area contributed by atoms with Crippen LogP contribution in [0.3, 0.4) is 0 Å². The Bertz CT molecular complexity index is 889. The average Bonchev–Trinajstić information content (AvgIpc) is 3.38. The Morgan fingerprint density at radius 1 is 0.885 bits per heavy atom. The summed E-state index contributed by atoms with van der Waals surface area (Å²) in [5, 5.41) is 3.42. The second kappa shape index (κ2) is 9.37. The van der Waals surface area contributed by atoms with Crippen molar-refractivity contribution in [3.63, 3.8) is 0 Å². The Balaban J connectivity index is 0.000000146. The second-order valence-corrected chi connectivity index (χ2v) is 8.16. The van der Waals surface area contributed by atoms with Gasteiger partial charge in [0.15, 0.2) is 0 Å². The van der Waals surface area contributed by atoms with E-state index in [-0.39, 0.29) is 11.6 Å². The van der Waals surface area contributed by atoms with Crippen molar-refractivity contribution >= 4 is 24.8 Å². The van der Waals surface area contributed by atoms with Gasteiger partial charge in [-0.05, 0) is 0 Å². The Kier molecular flexibility index (Phi) is 6.91. The molecule has 0 radical (unpaired) electrons. The number of hydrogen-bond donors (Lipinski definition) is 0. The molecule has 3 heteroatoms. The Morgan fingerprint density at radius 3 is 1.81 bits per heavy atom. The predicted molar refractivity (Wildman–Crippen MR) is 102 cm³/mol. The molecule has 130 valence electrons. The SMILES string of the molecule is Fc1ccc2[cH-]c3ccc(F)cc3c2c1.[C-]1=CC=CC1.[Zr+2]=[C]1CCCC1. The molecule has 0 atom stereocenters. The first-order chi connectivity index (χ1) is 12.6. The molecule has 2 aliphatic rings. The maximum atomic E-state index is 13.0. The molecule has 1 fully saturated rings. The van der Waals surface area contributed by atoms with Gasteiger partial charge >= 0.3 is 53.1 Å². The van der Waals surface area contributed by atoms with Crippen LogP contribution in [0.2, 0.25) is 0 Å².